The number of nitrogens with one attached hydrogen (secondary N) is 1. The van der Waals surface area contributed by atoms with Crippen LogP contribution >= 0.6 is 0 Å². The van der Waals surface area contributed by atoms with E-state index in [1.807, 2.05) is 4.90 Å². The molecule has 3 aromatic heterocycles. The second-order valence-electron chi connectivity index (χ2n) is 7.12. The van der Waals surface area contributed by atoms with Crippen molar-refractivity contribution >= 4 is 17.5 Å². The number of aromatic nitrogens is 7. The first-order chi connectivity index (χ1) is 14.4. The fourth-order valence-corrected chi connectivity index (χ4v) is 3.44. The minimum Gasteiger partial charge on any atom is -0.356 e. The number of rotatable bonds is 4. The lowest BCUT2D eigenvalue weighted by atomic mass is 9.97. The van der Waals surface area contributed by atoms with Crippen LogP contribution in [0.4, 0.5) is 11.6 Å². The number of hydrogen-bond donors (Lipinski definition) is 1. The average Bonchev–Trinajstić information content (AvgIpc) is 3.31. The zero-order chi connectivity index (χ0) is 21.3. The van der Waals surface area contributed by atoms with Gasteiger partial charge < -0.3 is 10.2 Å². The largest absolute Gasteiger partial charge is 0.356 e. The lowest BCUT2D eigenvalue weighted by Gasteiger charge is -2.33. The molecule has 1 aliphatic rings. The zero-order valence-corrected chi connectivity index (χ0v) is 16.6. The van der Waals surface area contributed by atoms with Crippen molar-refractivity contribution in [3.05, 3.63) is 52.0 Å². The maximum Gasteiger partial charge on any atom is 0.332 e. The molecule has 0 radical (unpaired) electrons. The number of carbonyl (C=O) groups is 1. The van der Waals surface area contributed by atoms with Gasteiger partial charge >= 0.3 is 5.69 Å². The molecule has 4 heterocycles. The van der Waals surface area contributed by atoms with Crippen LogP contribution in [0.3, 0.4) is 0 Å². The molecule has 1 N–H and O–H groups in total. The number of amides is 1. The van der Waals surface area contributed by atoms with Gasteiger partial charge in [0, 0.05) is 39.3 Å². The lowest BCUT2D eigenvalue weighted by Crippen LogP contribution is -2.43. The van der Waals surface area contributed by atoms with Crippen LogP contribution in [0.15, 0.2) is 40.7 Å². The minimum atomic E-state index is -0.496. The third-order valence-corrected chi connectivity index (χ3v) is 5.19. The number of anilines is 2. The highest BCUT2D eigenvalue weighted by Gasteiger charge is 2.27. The van der Waals surface area contributed by atoms with E-state index in [2.05, 4.69) is 25.4 Å². The van der Waals surface area contributed by atoms with Crippen molar-refractivity contribution in [3.63, 3.8) is 0 Å². The number of carbonyl (C=O) groups excluding carboxylic acids is 1. The first kappa shape index (κ1) is 19.5. The summed E-state index contributed by atoms with van der Waals surface area (Å²) in [5.41, 5.74) is -0.968. The van der Waals surface area contributed by atoms with Crippen LogP contribution in [0.1, 0.15) is 12.8 Å². The van der Waals surface area contributed by atoms with Crippen molar-refractivity contribution in [3.8, 4) is 5.82 Å². The summed E-state index contributed by atoms with van der Waals surface area (Å²) in [6.45, 7) is 1.21. The molecular weight excluding hydrogens is 390 g/mol. The van der Waals surface area contributed by atoms with Gasteiger partial charge in [-0.1, -0.05) is 0 Å². The fraction of sp³-hybridized carbons (Fsp3) is 0.389. The third kappa shape index (κ3) is 3.71. The Kier molecular flexibility index (Phi) is 5.12. The number of piperidine rings is 1. The molecule has 0 saturated carbocycles. The molecular formula is C18H21N9O3. The van der Waals surface area contributed by atoms with Crippen LogP contribution in [0.25, 0.3) is 5.82 Å². The van der Waals surface area contributed by atoms with E-state index < -0.39 is 11.2 Å². The highest BCUT2D eigenvalue weighted by atomic mass is 16.2. The van der Waals surface area contributed by atoms with E-state index in [0.717, 1.165) is 17.5 Å². The maximum atomic E-state index is 12.8. The average molecular weight is 411 g/mol. The zero-order valence-electron chi connectivity index (χ0n) is 16.6. The molecule has 1 unspecified atom stereocenters. The van der Waals surface area contributed by atoms with Crippen molar-refractivity contribution in [2.75, 3.05) is 23.3 Å². The first-order valence-corrected chi connectivity index (χ1v) is 9.44. The van der Waals surface area contributed by atoms with E-state index >= 15 is 0 Å². The summed E-state index contributed by atoms with van der Waals surface area (Å²) in [7, 11) is 2.90. The molecule has 1 saturated heterocycles. The molecule has 0 spiro atoms. The topological polar surface area (TPSA) is 133 Å². The summed E-state index contributed by atoms with van der Waals surface area (Å²) in [5.74, 6) is 0.894. The Bertz CT molecular complexity index is 1180. The van der Waals surface area contributed by atoms with Crippen molar-refractivity contribution < 1.29 is 4.79 Å². The Labute approximate surface area is 170 Å². The maximum absolute atomic E-state index is 12.8. The summed E-state index contributed by atoms with van der Waals surface area (Å²) < 4.78 is 3.77. The molecule has 12 nitrogen and oxygen atoms in total. The molecule has 156 valence electrons. The Morgan fingerprint density at radius 3 is 2.67 bits per heavy atom. The van der Waals surface area contributed by atoms with Gasteiger partial charge in [-0.15, -0.1) is 0 Å². The van der Waals surface area contributed by atoms with Crippen LogP contribution in [0.2, 0.25) is 0 Å². The molecule has 3 aromatic rings. The molecule has 1 aliphatic heterocycles. The van der Waals surface area contributed by atoms with Gasteiger partial charge in [0.15, 0.2) is 5.82 Å². The normalized spacial score (nSPS) is 16.5. The van der Waals surface area contributed by atoms with E-state index in [4.69, 9.17) is 0 Å². The molecule has 30 heavy (non-hydrogen) atoms. The predicted octanol–water partition coefficient (Wildman–Crippen LogP) is -0.690. The highest BCUT2D eigenvalue weighted by molar-refractivity contribution is 5.92. The summed E-state index contributed by atoms with van der Waals surface area (Å²) in [4.78, 5) is 51.3. The minimum absolute atomic E-state index is 0.181. The van der Waals surface area contributed by atoms with E-state index in [1.165, 1.54) is 42.1 Å². The van der Waals surface area contributed by atoms with Gasteiger partial charge in [-0.25, -0.2) is 24.4 Å². The van der Waals surface area contributed by atoms with Crippen molar-refractivity contribution in [1.29, 1.82) is 0 Å². The van der Waals surface area contributed by atoms with Crippen LogP contribution < -0.4 is 21.5 Å². The first-order valence-electron chi connectivity index (χ1n) is 9.44. The van der Waals surface area contributed by atoms with E-state index in [-0.39, 0.29) is 17.6 Å². The monoisotopic (exact) mass is 411 g/mol. The highest BCUT2D eigenvalue weighted by Crippen LogP contribution is 2.23. The number of nitrogens with zero attached hydrogens (tertiary/aromatic N) is 8. The molecule has 0 aromatic carbocycles. The van der Waals surface area contributed by atoms with Gasteiger partial charge in [-0.2, -0.15) is 5.10 Å². The van der Waals surface area contributed by atoms with Gasteiger partial charge in [0.1, 0.15) is 30.6 Å². The molecule has 0 aliphatic carbocycles. The molecule has 1 fully saturated rings. The molecule has 0 bridgehead atoms. The van der Waals surface area contributed by atoms with E-state index in [1.54, 1.807) is 12.4 Å². The summed E-state index contributed by atoms with van der Waals surface area (Å²) >= 11 is 0. The van der Waals surface area contributed by atoms with Gasteiger partial charge in [0.05, 0.1) is 5.92 Å². The Morgan fingerprint density at radius 2 is 1.90 bits per heavy atom. The van der Waals surface area contributed by atoms with Crippen LogP contribution in [-0.2, 0) is 18.9 Å². The van der Waals surface area contributed by atoms with E-state index in [9.17, 15) is 14.4 Å². The van der Waals surface area contributed by atoms with Crippen molar-refractivity contribution in [2.24, 2.45) is 20.0 Å². The number of hydrogen-bond acceptors (Lipinski definition) is 8. The lowest BCUT2D eigenvalue weighted by molar-refractivity contribution is -0.120. The Morgan fingerprint density at radius 1 is 1.10 bits per heavy atom. The second kappa shape index (κ2) is 7.89. The SMILES string of the molecule is Cn1c(NC(=O)C2CCCN(c3cc(-n4cncn4)ncn3)C2)cc(=O)n(C)c1=O. The van der Waals surface area contributed by atoms with Crippen LogP contribution in [0, 0.1) is 5.92 Å². The standard InChI is InChI=1S/C18H21N9O3/c1-24-15(7-16(28)25(2)18(24)30)23-17(29)12-4-3-5-26(8-12)13-6-14(21-10-20-13)27-11-19-9-22-27/h6-7,9-12H,3-5,8H2,1-2H3,(H,23,29). The predicted molar refractivity (Wildman–Crippen MR) is 107 cm³/mol. The Hall–Kier alpha value is -3.83. The van der Waals surface area contributed by atoms with Crippen molar-refractivity contribution in [1.82, 2.24) is 33.9 Å². The van der Waals surface area contributed by atoms with Crippen molar-refractivity contribution in [2.45, 2.75) is 12.8 Å². The van der Waals surface area contributed by atoms with Gasteiger partial charge in [0.25, 0.3) is 5.56 Å². The summed E-state index contributed by atoms with van der Waals surface area (Å²) in [5, 5.41) is 6.79. The van der Waals surface area contributed by atoms with E-state index in [0.29, 0.717) is 24.6 Å². The van der Waals surface area contributed by atoms with Gasteiger partial charge in [0.2, 0.25) is 5.91 Å². The molecule has 4 rings (SSSR count). The summed E-state index contributed by atoms with van der Waals surface area (Å²) in [6.07, 6.45) is 5.92. The van der Waals surface area contributed by atoms with Gasteiger partial charge in [-0.05, 0) is 12.8 Å². The third-order valence-electron chi connectivity index (χ3n) is 5.19. The summed E-state index contributed by atoms with van der Waals surface area (Å²) in [6, 6.07) is 3.04. The Balaban J connectivity index is 1.51. The molecule has 12 heteroatoms. The van der Waals surface area contributed by atoms with Gasteiger partial charge in [-0.3, -0.25) is 18.7 Å². The van der Waals surface area contributed by atoms with Crippen LogP contribution in [0.5, 0.6) is 0 Å². The second-order valence-corrected chi connectivity index (χ2v) is 7.12. The smallest absolute Gasteiger partial charge is 0.332 e. The van der Waals surface area contributed by atoms with Crippen LogP contribution in [-0.4, -0.2) is 52.9 Å². The fourth-order valence-electron chi connectivity index (χ4n) is 3.44. The molecule has 1 amide bonds. The quantitative estimate of drug-likeness (QED) is 0.596. The molecule has 1 atom stereocenters.